The molecule has 78 valence electrons. The van der Waals surface area contributed by atoms with Crippen LogP contribution in [0.2, 0.25) is 0 Å². The molecule has 2 heterocycles. The molecule has 0 amide bonds. The smallest absolute Gasteiger partial charge is 0.351 e. The second kappa shape index (κ2) is 3.86. The van der Waals surface area contributed by atoms with E-state index in [1.165, 1.54) is 17.3 Å². The summed E-state index contributed by atoms with van der Waals surface area (Å²) < 4.78 is 1.32. The summed E-state index contributed by atoms with van der Waals surface area (Å²) in [4.78, 5) is 25.1. The maximum atomic E-state index is 11.2. The lowest BCUT2D eigenvalue weighted by Crippen LogP contribution is -2.19. The van der Waals surface area contributed by atoms with E-state index in [4.69, 9.17) is 0 Å². The Morgan fingerprint density at radius 2 is 2.40 bits per heavy atom. The second-order valence-electron chi connectivity index (χ2n) is 2.67. The topological polar surface area (TPSA) is 101 Å². The third-order valence-corrected chi connectivity index (χ3v) is 1.61. The Bertz CT molecular complexity index is 488. The van der Waals surface area contributed by atoms with Crippen LogP contribution in [0.1, 0.15) is 6.92 Å². The van der Waals surface area contributed by atoms with Crippen LogP contribution in [0.25, 0.3) is 5.95 Å². The van der Waals surface area contributed by atoms with E-state index in [0.717, 1.165) is 0 Å². The molecule has 2 aromatic heterocycles. The number of hydrogen-bond acceptors (Lipinski definition) is 6. The van der Waals surface area contributed by atoms with Crippen molar-refractivity contribution in [1.82, 2.24) is 29.7 Å². The van der Waals surface area contributed by atoms with Gasteiger partial charge in [-0.05, 0) is 6.92 Å². The largest absolute Gasteiger partial charge is 0.356 e. The molecule has 0 aliphatic rings. The number of nitrogens with zero attached hydrogens (tertiary/aromatic N) is 5. The Labute approximate surface area is 84.4 Å². The molecule has 0 saturated heterocycles. The molecule has 2 N–H and O–H groups in total. The second-order valence-corrected chi connectivity index (χ2v) is 2.67. The lowest BCUT2D eigenvalue weighted by Gasteiger charge is -2.02. The van der Waals surface area contributed by atoms with Gasteiger partial charge >= 0.3 is 5.69 Å². The zero-order valence-corrected chi connectivity index (χ0v) is 8.01. The highest BCUT2D eigenvalue weighted by atomic mass is 16.1. The van der Waals surface area contributed by atoms with E-state index < -0.39 is 5.69 Å². The normalized spacial score (nSPS) is 10.2. The standard InChI is InChI=1S/C7H9N7O/c1-2-9-5-11-6(13-7(15)12-5)14-4-8-3-10-14/h3-4H,2H2,1H3,(H2,9,11,12,13,15). The summed E-state index contributed by atoms with van der Waals surface area (Å²) in [5, 5.41) is 6.71. The first-order valence-corrected chi connectivity index (χ1v) is 4.37. The van der Waals surface area contributed by atoms with Crippen molar-refractivity contribution in [2.45, 2.75) is 6.92 Å². The molecule has 0 spiro atoms. The molecule has 0 bridgehead atoms. The third-order valence-electron chi connectivity index (χ3n) is 1.61. The van der Waals surface area contributed by atoms with Gasteiger partial charge < -0.3 is 5.32 Å². The van der Waals surface area contributed by atoms with Gasteiger partial charge in [0.25, 0.3) is 5.95 Å². The van der Waals surface area contributed by atoms with Crippen molar-refractivity contribution in [3.63, 3.8) is 0 Å². The SMILES string of the molecule is CCNc1nc(-n2cncn2)nc(=O)[nH]1. The average molecular weight is 207 g/mol. The van der Waals surface area contributed by atoms with Crippen molar-refractivity contribution in [2.24, 2.45) is 0 Å². The minimum Gasteiger partial charge on any atom is -0.356 e. The molecule has 0 aromatic carbocycles. The van der Waals surface area contributed by atoms with Gasteiger partial charge in [-0.1, -0.05) is 0 Å². The molecule has 0 atom stereocenters. The van der Waals surface area contributed by atoms with Crippen LogP contribution in [0.4, 0.5) is 5.95 Å². The van der Waals surface area contributed by atoms with Gasteiger partial charge in [-0.3, -0.25) is 4.98 Å². The summed E-state index contributed by atoms with van der Waals surface area (Å²) in [6.45, 7) is 2.55. The molecule has 0 unspecified atom stereocenters. The highest BCUT2D eigenvalue weighted by Gasteiger charge is 2.04. The Morgan fingerprint density at radius 3 is 3.07 bits per heavy atom. The highest BCUT2D eigenvalue weighted by molar-refractivity contribution is 5.25. The summed E-state index contributed by atoms with van der Waals surface area (Å²) in [6.07, 6.45) is 2.77. The fourth-order valence-corrected chi connectivity index (χ4v) is 1.04. The maximum absolute atomic E-state index is 11.2. The van der Waals surface area contributed by atoms with Gasteiger partial charge in [-0.2, -0.15) is 19.7 Å². The van der Waals surface area contributed by atoms with Gasteiger partial charge in [-0.15, -0.1) is 0 Å². The predicted octanol–water partition coefficient (Wildman–Crippen LogP) is -0.823. The minimum absolute atomic E-state index is 0.187. The first kappa shape index (κ1) is 9.31. The van der Waals surface area contributed by atoms with Crippen molar-refractivity contribution in [2.75, 3.05) is 11.9 Å². The monoisotopic (exact) mass is 207 g/mol. The molecule has 8 heteroatoms. The number of aromatic nitrogens is 6. The molecule has 0 radical (unpaired) electrons. The summed E-state index contributed by atoms with van der Waals surface area (Å²) >= 11 is 0. The van der Waals surface area contributed by atoms with E-state index in [9.17, 15) is 4.79 Å². The summed E-state index contributed by atoms with van der Waals surface area (Å²) in [6, 6.07) is 0. The van der Waals surface area contributed by atoms with Gasteiger partial charge in [0, 0.05) is 6.54 Å². The van der Waals surface area contributed by atoms with Crippen LogP contribution < -0.4 is 11.0 Å². The Morgan fingerprint density at radius 1 is 1.53 bits per heavy atom. The van der Waals surface area contributed by atoms with Gasteiger partial charge in [-0.25, -0.2) is 9.78 Å². The van der Waals surface area contributed by atoms with Crippen LogP contribution in [-0.2, 0) is 0 Å². The van der Waals surface area contributed by atoms with Gasteiger partial charge in [0.15, 0.2) is 0 Å². The first-order chi connectivity index (χ1) is 7.29. The Balaban J connectivity index is 2.44. The summed E-state index contributed by atoms with van der Waals surface area (Å²) in [5.74, 6) is 0.551. The van der Waals surface area contributed by atoms with Crippen LogP contribution in [0, 0.1) is 0 Å². The predicted molar refractivity (Wildman–Crippen MR) is 51.7 cm³/mol. The van der Waals surface area contributed by atoms with Crippen molar-refractivity contribution in [3.05, 3.63) is 23.1 Å². The van der Waals surface area contributed by atoms with E-state index in [1.807, 2.05) is 6.92 Å². The van der Waals surface area contributed by atoms with E-state index in [1.54, 1.807) is 0 Å². The van der Waals surface area contributed by atoms with Crippen molar-refractivity contribution in [3.8, 4) is 5.95 Å². The zero-order valence-electron chi connectivity index (χ0n) is 8.01. The molecule has 15 heavy (non-hydrogen) atoms. The fourth-order valence-electron chi connectivity index (χ4n) is 1.04. The van der Waals surface area contributed by atoms with E-state index in [0.29, 0.717) is 12.5 Å². The molecular weight excluding hydrogens is 198 g/mol. The number of anilines is 1. The molecule has 0 aliphatic carbocycles. The van der Waals surface area contributed by atoms with Crippen LogP contribution in [0.5, 0.6) is 0 Å². The van der Waals surface area contributed by atoms with E-state index in [-0.39, 0.29) is 5.95 Å². The van der Waals surface area contributed by atoms with Gasteiger partial charge in [0.05, 0.1) is 0 Å². The molecule has 2 rings (SSSR count). The van der Waals surface area contributed by atoms with Gasteiger partial charge in [0.2, 0.25) is 5.95 Å². The first-order valence-electron chi connectivity index (χ1n) is 4.37. The van der Waals surface area contributed by atoms with Crippen LogP contribution in [0.15, 0.2) is 17.4 Å². The molecule has 0 aliphatic heterocycles. The van der Waals surface area contributed by atoms with Crippen LogP contribution in [0.3, 0.4) is 0 Å². The van der Waals surface area contributed by atoms with Crippen molar-refractivity contribution >= 4 is 5.95 Å². The number of rotatable bonds is 3. The highest BCUT2D eigenvalue weighted by Crippen LogP contribution is 1.97. The molecule has 0 fully saturated rings. The lowest BCUT2D eigenvalue weighted by atomic mass is 10.7. The summed E-state index contributed by atoms with van der Waals surface area (Å²) in [7, 11) is 0. The number of aromatic amines is 1. The maximum Gasteiger partial charge on any atom is 0.351 e. The molecule has 2 aromatic rings. The van der Waals surface area contributed by atoms with E-state index >= 15 is 0 Å². The zero-order chi connectivity index (χ0) is 10.7. The van der Waals surface area contributed by atoms with Crippen molar-refractivity contribution < 1.29 is 0 Å². The molecular formula is C7H9N7O. The van der Waals surface area contributed by atoms with Crippen molar-refractivity contribution in [1.29, 1.82) is 0 Å². The quantitative estimate of drug-likeness (QED) is 0.681. The third kappa shape index (κ3) is 1.98. The number of nitrogens with one attached hydrogen (secondary N) is 2. The lowest BCUT2D eigenvalue weighted by molar-refractivity contribution is 0.782. The van der Waals surface area contributed by atoms with Crippen LogP contribution in [-0.4, -0.2) is 36.3 Å². The molecule has 8 nitrogen and oxygen atoms in total. The van der Waals surface area contributed by atoms with Crippen LogP contribution >= 0.6 is 0 Å². The number of H-pyrrole nitrogens is 1. The Kier molecular flexibility index (Phi) is 2.40. The van der Waals surface area contributed by atoms with E-state index in [2.05, 4.69) is 30.4 Å². The summed E-state index contributed by atoms with van der Waals surface area (Å²) in [5.41, 5.74) is -0.480. The fraction of sp³-hybridized carbons (Fsp3) is 0.286. The average Bonchev–Trinajstić information content (AvgIpc) is 2.70. The Hall–Kier alpha value is -2.25. The van der Waals surface area contributed by atoms with Gasteiger partial charge in [0.1, 0.15) is 12.7 Å². The minimum atomic E-state index is -0.480. The molecule has 0 saturated carbocycles. The number of hydrogen-bond donors (Lipinski definition) is 2.